The standard InChI is InChI=1S/C28H32FN7O2/c1-5-6-23-16-31-26-13-20(14-27(35(23)26)38-25(17-37)24-8-7-21(29)15-30-24)28-19(4)36(33-32-28)22-9-11-34(12-10-22)18(2)3/h7-8,13-16,18,22,25,37H,9-12,17H2,1-4H3. The Hall–Kier alpha value is -3.81. The Kier molecular flexibility index (Phi) is 7.40. The Morgan fingerprint density at radius 1 is 1.16 bits per heavy atom. The van der Waals surface area contributed by atoms with Crippen molar-refractivity contribution in [3.63, 3.8) is 0 Å². The highest BCUT2D eigenvalue weighted by atomic mass is 19.1. The molecule has 1 fully saturated rings. The molecule has 9 nitrogen and oxygen atoms in total. The second-order valence-corrected chi connectivity index (χ2v) is 9.81. The third kappa shape index (κ3) is 4.99. The quantitative estimate of drug-likeness (QED) is 0.371. The van der Waals surface area contributed by atoms with Crippen molar-refractivity contribution in [2.45, 2.75) is 58.7 Å². The van der Waals surface area contributed by atoms with Crippen molar-refractivity contribution in [1.82, 2.24) is 34.3 Å². The number of hydrogen-bond donors (Lipinski definition) is 1. The zero-order valence-electron chi connectivity index (χ0n) is 22.1. The van der Waals surface area contributed by atoms with E-state index in [4.69, 9.17) is 4.74 Å². The predicted octanol–water partition coefficient (Wildman–Crippen LogP) is 3.96. The van der Waals surface area contributed by atoms with E-state index < -0.39 is 11.9 Å². The van der Waals surface area contributed by atoms with Crippen LogP contribution in [0.3, 0.4) is 0 Å². The number of aliphatic hydroxyl groups is 1. The van der Waals surface area contributed by atoms with Gasteiger partial charge in [-0.1, -0.05) is 11.1 Å². The minimum absolute atomic E-state index is 0.298. The second-order valence-electron chi connectivity index (χ2n) is 9.81. The lowest BCUT2D eigenvalue weighted by Gasteiger charge is -2.34. The summed E-state index contributed by atoms with van der Waals surface area (Å²) in [4.78, 5) is 11.1. The van der Waals surface area contributed by atoms with Gasteiger partial charge in [-0.3, -0.25) is 9.38 Å². The van der Waals surface area contributed by atoms with Gasteiger partial charge >= 0.3 is 0 Å². The number of imidazole rings is 1. The smallest absolute Gasteiger partial charge is 0.201 e. The first-order chi connectivity index (χ1) is 18.4. The van der Waals surface area contributed by atoms with Gasteiger partial charge in [0.15, 0.2) is 6.10 Å². The highest BCUT2D eigenvalue weighted by Crippen LogP contribution is 2.32. The minimum Gasteiger partial charge on any atom is -0.466 e. The van der Waals surface area contributed by atoms with Crippen molar-refractivity contribution in [3.8, 4) is 29.0 Å². The SMILES string of the molecule is CC#Cc1cnc2cc(-c3nnn(C4CCN(C(C)C)CC4)c3C)cc(OC(CO)c3ccc(F)cn3)n12. The normalized spacial score (nSPS) is 15.6. The third-order valence-electron chi connectivity index (χ3n) is 7.11. The van der Waals surface area contributed by atoms with Crippen molar-refractivity contribution in [1.29, 1.82) is 0 Å². The van der Waals surface area contributed by atoms with Gasteiger partial charge in [-0.05, 0) is 64.7 Å². The van der Waals surface area contributed by atoms with Gasteiger partial charge in [-0.15, -0.1) is 5.10 Å². The van der Waals surface area contributed by atoms with E-state index in [0.29, 0.717) is 35.0 Å². The summed E-state index contributed by atoms with van der Waals surface area (Å²) < 4.78 is 23.5. The molecule has 4 aromatic rings. The Morgan fingerprint density at radius 3 is 2.61 bits per heavy atom. The van der Waals surface area contributed by atoms with Gasteiger partial charge in [0.2, 0.25) is 5.88 Å². The van der Waals surface area contributed by atoms with Crippen LogP contribution in [0, 0.1) is 24.6 Å². The average molecular weight is 518 g/mol. The van der Waals surface area contributed by atoms with Crippen LogP contribution in [0.4, 0.5) is 4.39 Å². The van der Waals surface area contributed by atoms with Crippen LogP contribution in [0.1, 0.15) is 62.8 Å². The van der Waals surface area contributed by atoms with E-state index in [1.807, 2.05) is 23.7 Å². The van der Waals surface area contributed by atoms with Gasteiger partial charge < -0.3 is 14.7 Å². The lowest BCUT2D eigenvalue weighted by Crippen LogP contribution is -2.39. The monoisotopic (exact) mass is 517 g/mol. The predicted molar refractivity (Wildman–Crippen MR) is 141 cm³/mol. The summed E-state index contributed by atoms with van der Waals surface area (Å²) in [5.41, 5.74) is 4.19. The number of piperidine rings is 1. The number of pyridine rings is 2. The maximum absolute atomic E-state index is 13.4. The van der Waals surface area contributed by atoms with E-state index in [1.54, 1.807) is 17.5 Å². The fraction of sp³-hybridized carbons (Fsp3) is 0.429. The van der Waals surface area contributed by atoms with E-state index in [-0.39, 0.29) is 6.61 Å². The molecule has 1 unspecified atom stereocenters. The second kappa shape index (κ2) is 10.9. The molecule has 4 aromatic heterocycles. The number of aromatic nitrogens is 6. The first-order valence-corrected chi connectivity index (χ1v) is 12.9. The lowest BCUT2D eigenvalue weighted by atomic mass is 10.0. The molecule has 0 amide bonds. The van der Waals surface area contributed by atoms with Crippen LogP contribution < -0.4 is 4.74 Å². The van der Waals surface area contributed by atoms with Gasteiger partial charge in [-0.2, -0.15) is 0 Å². The summed E-state index contributed by atoms with van der Waals surface area (Å²) in [6.07, 6.45) is 4.01. The van der Waals surface area contributed by atoms with Gasteiger partial charge in [0.05, 0.1) is 36.4 Å². The summed E-state index contributed by atoms with van der Waals surface area (Å²) in [6, 6.07) is 7.41. The molecule has 1 atom stereocenters. The Bertz CT molecular complexity index is 1470. The number of hydrogen-bond acceptors (Lipinski definition) is 7. The molecule has 0 aromatic carbocycles. The Morgan fingerprint density at radius 2 is 1.95 bits per heavy atom. The first-order valence-electron chi connectivity index (χ1n) is 12.9. The van der Waals surface area contributed by atoms with Crippen LogP contribution in [0.5, 0.6) is 5.88 Å². The van der Waals surface area contributed by atoms with Crippen molar-refractivity contribution in [2.24, 2.45) is 0 Å². The molecule has 5 heterocycles. The Labute approximate surface area is 221 Å². The third-order valence-corrected chi connectivity index (χ3v) is 7.11. The maximum Gasteiger partial charge on any atom is 0.201 e. The van der Waals surface area contributed by atoms with Crippen LogP contribution in [-0.2, 0) is 0 Å². The minimum atomic E-state index is -0.818. The fourth-order valence-corrected chi connectivity index (χ4v) is 5.03. The highest BCUT2D eigenvalue weighted by Gasteiger charge is 2.26. The van der Waals surface area contributed by atoms with Gasteiger partial charge in [0, 0.05) is 30.8 Å². The molecule has 1 N–H and O–H groups in total. The molecule has 38 heavy (non-hydrogen) atoms. The molecule has 0 aliphatic carbocycles. The maximum atomic E-state index is 13.4. The molecule has 0 saturated carbocycles. The molecule has 0 bridgehead atoms. The van der Waals surface area contributed by atoms with Gasteiger partial charge in [0.25, 0.3) is 0 Å². The molecule has 5 rings (SSSR count). The van der Waals surface area contributed by atoms with Crippen LogP contribution in [0.15, 0.2) is 36.7 Å². The topological polar surface area (TPSA) is 93.6 Å². The summed E-state index contributed by atoms with van der Waals surface area (Å²) in [5, 5.41) is 19.2. The number of ether oxygens (including phenoxy) is 1. The van der Waals surface area contributed by atoms with Crippen molar-refractivity contribution < 1.29 is 14.2 Å². The lowest BCUT2D eigenvalue weighted by molar-refractivity contribution is 0.107. The molecule has 0 radical (unpaired) electrons. The molecule has 10 heteroatoms. The number of likely N-dealkylation sites (tertiary alicyclic amines) is 1. The van der Waals surface area contributed by atoms with Crippen LogP contribution >= 0.6 is 0 Å². The zero-order valence-corrected chi connectivity index (χ0v) is 22.1. The van der Waals surface area contributed by atoms with Crippen molar-refractivity contribution >= 4 is 5.65 Å². The molecular weight excluding hydrogens is 485 g/mol. The fourth-order valence-electron chi connectivity index (χ4n) is 5.03. The molecule has 0 spiro atoms. The highest BCUT2D eigenvalue weighted by molar-refractivity contribution is 5.68. The van der Waals surface area contributed by atoms with E-state index in [1.165, 1.54) is 12.1 Å². The molecule has 1 saturated heterocycles. The van der Waals surface area contributed by atoms with Gasteiger partial charge in [-0.25, -0.2) is 14.1 Å². The number of halogens is 1. The van der Waals surface area contributed by atoms with Crippen LogP contribution in [-0.4, -0.2) is 65.1 Å². The average Bonchev–Trinajstić information content (AvgIpc) is 3.51. The number of rotatable bonds is 7. The van der Waals surface area contributed by atoms with Crippen LogP contribution in [0.25, 0.3) is 16.9 Å². The molecular formula is C28H32FN7O2. The summed E-state index contributed by atoms with van der Waals surface area (Å²) in [6.45, 7) is 9.98. The number of aliphatic hydroxyl groups excluding tert-OH is 1. The van der Waals surface area contributed by atoms with E-state index in [9.17, 15) is 9.50 Å². The molecule has 1 aliphatic rings. The summed E-state index contributed by atoms with van der Waals surface area (Å²) in [5.74, 6) is 5.90. The molecule has 198 valence electrons. The first kappa shape index (κ1) is 25.8. The largest absolute Gasteiger partial charge is 0.466 e. The Balaban J connectivity index is 1.52. The van der Waals surface area contributed by atoms with Crippen molar-refractivity contribution in [2.75, 3.05) is 19.7 Å². The van der Waals surface area contributed by atoms with Crippen LogP contribution in [0.2, 0.25) is 0 Å². The van der Waals surface area contributed by atoms with Crippen molar-refractivity contribution in [3.05, 3.63) is 59.6 Å². The summed E-state index contributed by atoms with van der Waals surface area (Å²) in [7, 11) is 0. The number of nitrogens with zero attached hydrogens (tertiary/aromatic N) is 7. The van der Waals surface area contributed by atoms with E-state index in [2.05, 4.69) is 50.9 Å². The number of fused-ring (bicyclic) bond motifs is 1. The molecule has 1 aliphatic heterocycles. The van der Waals surface area contributed by atoms with Gasteiger partial charge in [0.1, 0.15) is 22.9 Å². The zero-order chi connectivity index (χ0) is 26.8. The van der Waals surface area contributed by atoms with E-state index in [0.717, 1.165) is 49.1 Å². The summed E-state index contributed by atoms with van der Waals surface area (Å²) >= 11 is 0. The van der Waals surface area contributed by atoms with E-state index >= 15 is 0 Å².